The van der Waals surface area contributed by atoms with Gasteiger partial charge in [0.15, 0.2) is 6.61 Å². The summed E-state index contributed by atoms with van der Waals surface area (Å²) in [6.45, 7) is 2.21. The lowest BCUT2D eigenvalue weighted by Gasteiger charge is -2.12. The summed E-state index contributed by atoms with van der Waals surface area (Å²) in [5.41, 5.74) is 1.52. The van der Waals surface area contributed by atoms with E-state index in [2.05, 4.69) is 15.5 Å². The Morgan fingerprint density at radius 1 is 1.19 bits per heavy atom. The third-order valence-electron chi connectivity index (χ3n) is 4.78. The van der Waals surface area contributed by atoms with Gasteiger partial charge in [-0.15, -0.1) is 21.5 Å². The van der Waals surface area contributed by atoms with Gasteiger partial charge < -0.3 is 19.2 Å². The van der Waals surface area contributed by atoms with E-state index >= 15 is 0 Å². The summed E-state index contributed by atoms with van der Waals surface area (Å²) in [6.07, 6.45) is 3.88. The quantitative estimate of drug-likeness (QED) is 0.358. The van der Waals surface area contributed by atoms with E-state index in [1.54, 1.807) is 6.92 Å². The molecule has 0 atom stereocenters. The Kier molecular flexibility index (Phi) is 7.43. The summed E-state index contributed by atoms with van der Waals surface area (Å²) in [4.78, 5) is 26.2. The molecule has 168 valence electrons. The van der Waals surface area contributed by atoms with E-state index in [0.29, 0.717) is 28.8 Å². The van der Waals surface area contributed by atoms with Crippen LogP contribution >= 0.6 is 23.1 Å². The SMILES string of the molecule is CCOC(=O)c1c(NC(=O)CSc2nnc(COc3ccccc3)o2)sc2c1CCCC2. The number of carbonyl (C=O) groups excluding carboxylic acids is 2. The van der Waals surface area contributed by atoms with Crippen LogP contribution in [0.2, 0.25) is 0 Å². The highest BCUT2D eigenvalue weighted by atomic mass is 32.2. The van der Waals surface area contributed by atoms with Crippen LogP contribution in [0, 0.1) is 0 Å². The highest BCUT2D eigenvalue weighted by Crippen LogP contribution is 2.38. The zero-order chi connectivity index (χ0) is 22.3. The number of aromatic nitrogens is 2. The van der Waals surface area contributed by atoms with Crippen molar-refractivity contribution in [3.05, 3.63) is 52.2 Å². The van der Waals surface area contributed by atoms with E-state index in [4.69, 9.17) is 13.9 Å². The molecule has 1 aromatic carbocycles. The highest BCUT2D eigenvalue weighted by Gasteiger charge is 2.27. The predicted octanol–water partition coefficient (Wildman–Crippen LogP) is 4.50. The number of para-hydroxylation sites is 1. The van der Waals surface area contributed by atoms with Crippen molar-refractivity contribution in [2.24, 2.45) is 0 Å². The monoisotopic (exact) mass is 473 g/mol. The fourth-order valence-electron chi connectivity index (χ4n) is 3.38. The van der Waals surface area contributed by atoms with Crippen molar-refractivity contribution in [2.45, 2.75) is 44.4 Å². The number of esters is 1. The molecule has 0 saturated carbocycles. The van der Waals surface area contributed by atoms with Crippen LogP contribution in [0.5, 0.6) is 5.75 Å². The third-order valence-corrected chi connectivity index (χ3v) is 6.81. The Morgan fingerprint density at radius 2 is 2.00 bits per heavy atom. The van der Waals surface area contributed by atoms with Crippen molar-refractivity contribution in [1.82, 2.24) is 10.2 Å². The Labute approximate surface area is 193 Å². The van der Waals surface area contributed by atoms with E-state index < -0.39 is 0 Å². The lowest BCUT2D eigenvalue weighted by molar-refractivity contribution is -0.113. The van der Waals surface area contributed by atoms with Gasteiger partial charge >= 0.3 is 5.97 Å². The van der Waals surface area contributed by atoms with E-state index in [0.717, 1.165) is 47.9 Å². The molecule has 4 rings (SSSR count). The zero-order valence-electron chi connectivity index (χ0n) is 17.6. The van der Waals surface area contributed by atoms with Gasteiger partial charge in [0, 0.05) is 4.88 Å². The number of thioether (sulfide) groups is 1. The van der Waals surface area contributed by atoms with Gasteiger partial charge in [0.2, 0.25) is 5.91 Å². The van der Waals surface area contributed by atoms with Gasteiger partial charge in [-0.2, -0.15) is 0 Å². The zero-order valence-corrected chi connectivity index (χ0v) is 19.2. The number of aryl methyl sites for hydroxylation is 1. The standard InChI is InChI=1S/C22H23N3O5S2/c1-2-28-21(27)19-15-10-6-7-11-16(15)32-20(19)23-17(26)13-31-22-25-24-18(30-22)12-29-14-8-4-3-5-9-14/h3-5,8-9H,2,6-7,10-13H2,1H3,(H,23,26). The molecular weight excluding hydrogens is 450 g/mol. The van der Waals surface area contributed by atoms with Gasteiger partial charge in [-0.25, -0.2) is 4.79 Å². The van der Waals surface area contributed by atoms with Crippen LogP contribution in [0.15, 0.2) is 40.0 Å². The molecule has 1 aliphatic carbocycles. The molecule has 0 radical (unpaired) electrons. The number of hydrogen-bond acceptors (Lipinski definition) is 9. The summed E-state index contributed by atoms with van der Waals surface area (Å²) in [6, 6.07) is 9.33. The van der Waals surface area contributed by atoms with Crippen molar-refractivity contribution in [3.8, 4) is 5.75 Å². The summed E-state index contributed by atoms with van der Waals surface area (Å²) < 4.78 is 16.3. The van der Waals surface area contributed by atoms with Crippen LogP contribution in [0.25, 0.3) is 0 Å². The molecule has 2 aromatic heterocycles. The summed E-state index contributed by atoms with van der Waals surface area (Å²) in [5.74, 6) is 0.475. The number of anilines is 1. The molecule has 0 fully saturated rings. The number of carbonyl (C=O) groups is 2. The first-order valence-electron chi connectivity index (χ1n) is 10.4. The van der Waals surface area contributed by atoms with Crippen LogP contribution in [0.3, 0.4) is 0 Å². The second-order valence-corrected chi connectivity index (χ2v) is 9.07. The molecular formula is C22H23N3O5S2. The van der Waals surface area contributed by atoms with E-state index in [-0.39, 0.29) is 29.5 Å². The van der Waals surface area contributed by atoms with Crippen molar-refractivity contribution in [1.29, 1.82) is 0 Å². The summed E-state index contributed by atoms with van der Waals surface area (Å²) in [7, 11) is 0. The number of thiophene rings is 1. The average molecular weight is 474 g/mol. The molecule has 0 unspecified atom stereocenters. The molecule has 1 amide bonds. The first kappa shape index (κ1) is 22.3. The number of rotatable bonds is 9. The van der Waals surface area contributed by atoms with Crippen LogP contribution in [-0.2, 0) is 29.0 Å². The van der Waals surface area contributed by atoms with Gasteiger partial charge in [-0.1, -0.05) is 30.0 Å². The van der Waals surface area contributed by atoms with Gasteiger partial charge in [0.05, 0.1) is 17.9 Å². The topological polar surface area (TPSA) is 104 Å². The Hall–Kier alpha value is -2.85. The molecule has 10 heteroatoms. The van der Waals surface area contributed by atoms with Crippen LogP contribution in [0.1, 0.15) is 46.5 Å². The molecule has 3 aromatic rings. The first-order valence-corrected chi connectivity index (χ1v) is 12.2. The molecule has 1 N–H and O–H groups in total. The minimum Gasteiger partial charge on any atom is -0.484 e. The van der Waals surface area contributed by atoms with Crippen molar-refractivity contribution < 1.29 is 23.5 Å². The maximum atomic E-state index is 12.6. The fraction of sp³-hybridized carbons (Fsp3) is 0.364. The average Bonchev–Trinajstić information content (AvgIpc) is 3.41. The van der Waals surface area contributed by atoms with Crippen LogP contribution in [-0.4, -0.2) is 34.4 Å². The molecule has 0 spiro atoms. The minimum absolute atomic E-state index is 0.0754. The second kappa shape index (κ2) is 10.6. The summed E-state index contributed by atoms with van der Waals surface area (Å²) >= 11 is 2.60. The highest BCUT2D eigenvalue weighted by molar-refractivity contribution is 7.99. The van der Waals surface area contributed by atoms with Crippen molar-refractivity contribution >= 4 is 40.0 Å². The van der Waals surface area contributed by atoms with Gasteiger partial charge in [-0.3, -0.25) is 4.79 Å². The van der Waals surface area contributed by atoms with Gasteiger partial charge in [0.25, 0.3) is 11.1 Å². The molecule has 0 saturated heterocycles. The lowest BCUT2D eigenvalue weighted by Crippen LogP contribution is -2.17. The van der Waals surface area contributed by atoms with Crippen molar-refractivity contribution in [2.75, 3.05) is 17.7 Å². The number of amides is 1. The maximum Gasteiger partial charge on any atom is 0.341 e. The maximum absolute atomic E-state index is 12.6. The van der Waals surface area contributed by atoms with E-state index in [1.165, 1.54) is 11.3 Å². The Morgan fingerprint density at radius 3 is 2.81 bits per heavy atom. The largest absolute Gasteiger partial charge is 0.484 e. The number of nitrogens with one attached hydrogen (secondary N) is 1. The normalized spacial score (nSPS) is 12.8. The number of fused-ring (bicyclic) bond motifs is 1. The molecule has 0 bridgehead atoms. The lowest BCUT2D eigenvalue weighted by atomic mass is 9.95. The molecule has 8 nitrogen and oxygen atoms in total. The fourth-order valence-corrected chi connectivity index (χ4v) is 5.25. The Bertz CT molecular complexity index is 1080. The third kappa shape index (κ3) is 5.49. The van der Waals surface area contributed by atoms with Crippen LogP contribution in [0.4, 0.5) is 5.00 Å². The van der Waals surface area contributed by atoms with Gasteiger partial charge in [0.1, 0.15) is 10.8 Å². The van der Waals surface area contributed by atoms with E-state index in [9.17, 15) is 9.59 Å². The smallest absolute Gasteiger partial charge is 0.341 e. The van der Waals surface area contributed by atoms with Crippen LogP contribution < -0.4 is 10.1 Å². The molecule has 1 aliphatic rings. The first-order chi connectivity index (χ1) is 15.6. The minimum atomic E-state index is -0.380. The molecule has 0 aliphatic heterocycles. The van der Waals surface area contributed by atoms with E-state index in [1.807, 2.05) is 30.3 Å². The second-order valence-electron chi connectivity index (χ2n) is 7.04. The number of ether oxygens (including phenoxy) is 2. The molecule has 2 heterocycles. The summed E-state index contributed by atoms with van der Waals surface area (Å²) in [5, 5.41) is 11.6. The number of hydrogen-bond donors (Lipinski definition) is 1. The Balaban J connectivity index is 1.34. The van der Waals surface area contributed by atoms with Crippen molar-refractivity contribution in [3.63, 3.8) is 0 Å². The number of nitrogens with zero attached hydrogens (tertiary/aromatic N) is 2. The predicted molar refractivity (Wildman–Crippen MR) is 121 cm³/mol. The van der Waals surface area contributed by atoms with Gasteiger partial charge in [-0.05, 0) is 50.3 Å². The molecule has 32 heavy (non-hydrogen) atoms. The number of benzene rings is 1.